The maximum absolute atomic E-state index is 5.24. The van der Waals surface area contributed by atoms with E-state index in [-0.39, 0.29) is 0 Å². The van der Waals surface area contributed by atoms with Gasteiger partial charge in [-0.1, -0.05) is 0 Å². The molecule has 0 aliphatic carbocycles. The Balaban J connectivity index is 2.39. The van der Waals surface area contributed by atoms with Crippen LogP contribution in [0, 0.1) is 4.77 Å². The summed E-state index contributed by atoms with van der Waals surface area (Å²) in [5, 5.41) is 7.23. The molecular weight excluding hydrogens is 208 g/mol. The number of nitrogens with zero attached hydrogens (tertiary/aromatic N) is 3. The molecule has 1 aliphatic rings. The Morgan fingerprint density at radius 1 is 1.53 bits per heavy atom. The summed E-state index contributed by atoms with van der Waals surface area (Å²) in [6.45, 7) is 7.61. The third-order valence-electron chi connectivity index (χ3n) is 3.01. The van der Waals surface area contributed by atoms with E-state index >= 15 is 0 Å². The van der Waals surface area contributed by atoms with Crippen LogP contribution in [0.4, 0.5) is 5.95 Å². The number of aromatic nitrogens is 3. The lowest BCUT2D eigenvalue weighted by Crippen LogP contribution is -2.29. The minimum atomic E-state index is 0.360. The van der Waals surface area contributed by atoms with Crippen LogP contribution in [0.5, 0.6) is 0 Å². The highest BCUT2D eigenvalue weighted by Gasteiger charge is 2.25. The zero-order chi connectivity index (χ0) is 11.0. The van der Waals surface area contributed by atoms with Crippen molar-refractivity contribution >= 4 is 18.2 Å². The molecule has 2 rings (SSSR count). The maximum Gasteiger partial charge on any atom is 0.226 e. The maximum atomic E-state index is 5.24. The van der Waals surface area contributed by atoms with Gasteiger partial charge in [0.15, 0.2) is 4.77 Å². The molecule has 1 N–H and O–H groups in total. The van der Waals surface area contributed by atoms with E-state index in [4.69, 9.17) is 12.2 Å². The lowest BCUT2D eigenvalue weighted by Gasteiger charge is -2.24. The molecule has 1 saturated heterocycles. The monoisotopic (exact) mass is 226 g/mol. The first-order valence-corrected chi connectivity index (χ1v) is 5.95. The van der Waals surface area contributed by atoms with Crippen molar-refractivity contribution in [3.8, 4) is 0 Å². The molecule has 0 aromatic carbocycles. The molecule has 0 saturated carbocycles. The lowest BCUT2D eigenvalue weighted by atomic mass is 10.2. The fraction of sp³-hybridized carbons (Fsp3) is 0.800. The molecule has 2 heterocycles. The molecule has 15 heavy (non-hydrogen) atoms. The molecule has 5 heteroatoms. The van der Waals surface area contributed by atoms with Gasteiger partial charge in [0, 0.05) is 18.6 Å². The average Bonchev–Trinajstić information content (AvgIpc) is 2.71. The standard InChI is InChI=1S/C10H18N4S/c1-7(2)14-9(11-12-10(14)15)13-6-4-5-8(13)3/h7-8H,4-6H2,1-3H3,(H,12,15). The van der Waals surface area contributed by atoms with Crippen molar-refractivity contribution in [3.05, 3.63) is 4.77 Å². The molecule has 0 amide bonds. The third kappa shape index (κ3) is 1.80. The van der Waals surface area contributed by atoms with E-state index in [2.05, 4.69) is 40.4 Å². The first-order chi connectivity index (χ1) is 7.11. The van der Waals surface area contributed by atoms with Gasteiger partial charge in [0.05, 0.1) is 0 Å². The number of hydrogen-bond donors (Lipinski definition) is 1. The van der Waals surface area contributed by atoms with Gasteiger partial charge in [-0.2, -0.15) is 0 Å². The summed E-state index contributed by atoms with van der Waals surface area (Å²) >= 11 is 5.24. The van der Waals surface area contributed by atoms with Crippen molar-refractivity contribution < 1.29 is 0 Å². The van der Waals surface area contributed by atoms with Crippen LogP contribution < -0.4 is 4.90 Å². The Morgan fingerprint density at radius 3 is 2.80 bits per heavy atom. The largest absolute Gasteiger partial charge is 0.338 e. The molecule has 84 valence electrons. The van der Waals surface area contributed by atoms with Crippen molar-refractivity contribution in [2.45, 2.75) is 45.7 Å². The smallest absolute Gasteiger partial charge is 0.226 e. The predicted octanol–water partition coefficient (Wildman–Crippen LogP) is 2.51. The van der Waals surface area contributed by atoms with Gasteiger partial charge in [0.1, 0.15) is 0 Å². The molecule has 0 radical (unpaired) electrons. The summed E-state index contributed by atoms with van der Waals surface area (Å²) in [6, 6.07) is 0.937. The van der Waals surface area contributed by atoms with Gasteiger partial charge in [0.2, 0.25) is 5.95 Å². The van der Waals surface area contributed by atoms with E-state index in [1.165, 1.54) is 12.8 Å². The van der Waals surface area contributed by atoms with Gasteiger partial charge in [0.25, 0.3) is 0 Å². The van der Waals surface area contributed by atoms with Gasteiger partial charge in [-0.3, -0.25) is 4.57 Å². The van der Waals surface area contributed by atoms with Crippen molar-refractivity contribution in [1.82, 2.24) is 14.8 Å². The number of anilines is 1. The molecule has 1 aromatic rings. The first-order valence-electron chi connectivity index (χ1n) is 5.55. The van der Waals surface area contributed by atoms with E-state index in [1.54, 1.807) is 0 Å². The van der Waals surface area contributed by atoms with E-state index in [0.29, 0.717) is 12.1 Å². The van der Waals surface area contributed by atoms with Crippen LogP contribution in [0.3, 0.4) is 0 Å². The van der Waals surface area contributed by atoms with E-state index < -0.39 is 0 Å². The molecule has 1 aliphatic heterocycles. The molecule has 1 atom stereocenters. The average molecular weight is 226 g/mol. The summed E-state index contributed by atoms with van der Waals surface area (Å²) in [5.74, 6) is 1.00. The second-order valence-corrected chi connectivity index (χ2v) is 4.86. The molecule has 1 aromatic heterocycles. The number of aromatic amines is 1. The van der Waals surface area contributed by atoms with E-state index in [1.807, 2.05) is 0 Å². The Labute approximate surface area is 95.3 Å². The highest BCUT2D eigenvalue weighted by atomic mass is 32.1. The Bertz CT molecular complexity index is 392. The minimum Gasteiger partial charge on any atom is -0.338 e. The SMILES string of the molecule is CC1CCCN1c1n[nH]c(=S)n1C(C)C. The Kier molecular flexibility index (Phi) is 2.82. The second-order valence-electron chi connectivity index (χ2n) is 4.48. The fourth-order valence-corrected chi connectivity index (χ4v) is 2.53. The molecular formula is C10H18N4S. The van der Waals surface area contributed by atoms with Gasteiger partial charge in [-0.15, -0.1) is 5.10 Å². The van der Waals surface area contributed by atoms with Gasteiger partial charge < -0.3 is 4.90 Å². The van der Waals surface area contributed by atoms with Crippen molar-refractivity contribution in [3.63, 3.8) is 0 Å². The summed E-state index contributed by atoms with van der Waals surface area (Å²) in [5.41, 5.74) is 0. The van der Waals surface area contributed by atoms with E-state index in [9.17, 15) is 0 Å². The zero-order valence-corrected chi connectivity index (χ0v) is 10.3. The quantitative estimate of drug-likeness (QED) is 0.787. The Hall–Kier alpha value is -0.840. The normalized spacial score (nSPS) is 21.6. The van der Waals surface area contributed by atoms with Crippen LogP contribution in [0.15, 0.2) is 0 Å². The Morgan fingerprint density at radius 2 is 2.27 bits per heavy atom. The summed E-state index contributed by atoms with van der Waals surface area (Å²) in [4.78, 5) is 2.34. The van der Waals surface area contributed by atoms with Gasteiger partial charge >= 0.3 is 0 Å². The number of nitrogens with one attached hydrogen (secondary N) is 1. The van der Waals surface area contributed by atoms with E-state index in [0.717, 1.165) is 17.3 Å². The van der Waals surface area contributed by atoms with Crippen LogP contribution in [-0.4, -0.2) is 27.4 Å². The van der Waals surface area contributed by atoms with Crippen LogP contribution >= 0.6 is 12.2 Å². The van der Waals surface area contributed by atoms with Crippen LogP contribution in [-0.2, 0) is 0 Å². The fourth-order valence-electron chi connectivity index (χ4n) is 2.19. The highest BCUT2D eigenvalue weighted by Crippen LogP contribution is 2.25. The third-order valence-corrected chi connectivity index (χ3v) is 3.30. The molecule has 1 unspecified atom stereocenters. The molecule has 4 nitrogen and oxygen atoms in total. The molecule has 0 bridgehead atoms. The zero-order valence-electron chi connectivity index (χ0n) is 9.53. The topological polar surface area (TPSA) is 36.9 Å². The highest BCUT2D eigenvalue weighted by molar-refractivity contribution is 7.71. The predicted molar refractivity (Wildman–Crippen MR) is 63.8 cm³/mol. The van der Waals surface area contributed by atoms with Crippen LogP contribution in [0.1, 0.15) is 39.7 Å². The molecule has 0 spiro atoms. The number of rotatable bonds is 2. The van der Waals surface area contributed by atoms with Crippen molar-refractivity contribution in [2.24, 2.45) is 0 Å². The van der Waals surface area contributed by atoms with Crippen molar-refractivity contribution in [1.29, 1.82) is 0 Å². The summed E-state index contributed by atoms with van der Waals surface area (Å²) in [6.07, 6.45) is 2.50. The second kappa shape index (κ2) is 3.96. The van der Waals surface area contributed by atoms with Crippen LogP contribution in [0.2, 0.25) is 0 Å². The van der Waals surface area contributed by atoms with Gasteiger partial charge in [-0.25, -0.2) is 5.10 Å². The molecule has 1 fully saturated rings. The van der Waals surface area contributed by atoms with Gasteiger partial charge in [-0.05, 0) is 45.8 Å². The minimum absolute atomic E-state index is 0.360. The lowest BCUT2D eigenvalue weighted by molar-refractivity contribution is 0.573. The summed E-state index contributed by atoms with van der Waals surface area (Å²) in [7, 11) is 0. The van der Waals surface area contributed by atoms with Crippen LogP contribution in [0.25, 0.3) is 0 Å². The van der Waals surface area contributed by atoms with Crippen molar-refractivity contribution in [2.75, 3.05) is 11.4 Å². The number of H-pyrrole nitrogens is 1. The number of hydrogen-bond acceptors (Lipinski definition) is 3. The summed E-state index contributed by atoms with van der Waals surface area (Å²) < 4.78 is 2.82. The first kappa shape index (κ1) is 10.7.